The van der Waals surface area contributed by atoms with Crippen molar-refractivity contribution in [3.05, 3.63) is 28.2 Å². The van der Waals surface area contributed by atoms with E-state index < -0.39 is 0 Å². The zero-order valence-electron chi connectivity index (χ0n) is 11.8. The summed E-state index contributed by atoms with van der Waals surface area (Å²) in [5, 5.41) is 0. The summed E-state index contributed by atoms with van der Waals surface area (Å²) in [7, 11) is 1.81. The first-order valence-electron chi connectivity index (χ1n) is 7.55. The number of benzene rings is 1. The molecule has 5 rings (SSSR count). The van der Waals surface area contributed by atoms with Crippen LogP contribution in [0.3, 0.4) is 0 Å². The maximum Gasteiger partial charge on any atom is 0.122 e. The molecule has 2 atom stereocenters. The molecule has 0 heterocycles. The van der Waals surface area contributed by atoms with E-state index >= 15 is 0 Å². The minimum Gasteiger partial charge on any atom is -0.496 e. The molecule has 3 heteroatoms. The summed E-state index contributed by atoms with van der Waals surface area (Å²) in [6, 6.07) is 6.56. The fourth-order valence-corrected chi connectivity index (χ4v) is 7.90. The van der Waals surface area contributed by atoms with Gasteiger partial charge >= 0.3 is 0 Å². The first kappa shape index (κ1) is 13.9. The lowest BCUT2D eigenvalue weighted by atomic mass is 9.48. The molecule has 0 spiro atoms. The van der Waals surface area contributed by atoms with Crippen molar-refractivity contribution in [3.63, 3.8) is 0 Å². The van der Waals surface area contributed by atoms with Crippen LogP contribution < -0.4 is 4.74 Å². The number of methoxy groups -OCH3 is 1. The molecule has 0 N–H and O–H groups in total. The highest BCUT2D eigenvalue weighted by molar-refractivity contribution is 14.1. The number of halogens is 2. The van der Waals surface area contributed by atoms with E-state index in [4.69, 9.17) is 4.74 Å². The molecule has 0 amide bonds. The van der Waals surface area contributed by atoms with Gasteiger partial charge in [0.05, 0.1) is 7.11 Å². The number of ether oxygens (including phenoxy) is 1. The second-order valence-corrected chi connectivity index (χ2v) is 10.4. The molecular formula is C17H20BrIO. The summed E-state index contributed by atoms with van der Waals surface area (Å²) < 4.78 is 7.44. The van der Waals surface area contributed by atoms with Gasteiger partial charge in [-0.15, -0.1) is 0 Å². The van der Waals surface area contributed by atoms with Gasteiger partial charge < -0.3 is 4.74 Å². The predicted octanol–water partition coefficient (Wildman–Crippen LogP) is 5.48. The molecule has 0 radical (unpaired) electrons. The smallest absolute Gasteiger partial charge is 0.122 e. The molecule has 0 aliphatic heterocycles. The third-order valence-corrected chi connectivity index (χ3v) is 7.48. The molecule has 1 aromatic carbocycles. The average Bonchev–Trinajstić information content (AvgIpc) is 2.35. The highest BCUT2D eigenvalue weighted by Gasteiger charge is 2.57. The molecule has 0 aromatic heterocycles. The van der Waals surface area contributed by atoms with Crippen molar-refractivity contribution in [1.29, 1.82) is 0 Å². The molecular weight excluding hydrogens is 427 g/mol. The van der Waals surface area contributed by atoms with Crippen LogP contribution in [0.15, 0.2) is 22.7 Å². The van der Waals surface area contributed by atoms with Gasteiger partial charge in [-0.1, -0.05) is 38.5 Å². The summed E-state index contributed by atoms with van der Waals surface area (Å²) >= 11 is 6.44. The van der Waals surface area contributed by atoms with Gasteiger partial charge in [-0.05, 0) is 68.6 Å². The van der Waals surface area contributed by atoms with Crippen molar-refractivity contribution in [2.45, 2.75) is 47.4 Å². The van der Waals surface area contributed by atoms with E-state index in [0.717, 1.165) is 17.6 Å². The van der Waals surface area contributed by atoms with Crippen LogP contribution in [0.25, 0.3) is 0 Å². The molecule has 108 valence electrons. The van der Waals surface area contributed by atoms with Crippen LogP contribution in [0.5, 0.6) is 5.75 Å². The Morgan fingerprint density at radius 1 is 1.20 bits per heavy atom. The van der Waals surface area contributed by atoms with Gasteiger partial charge in [0.15, 0.2) is 0 Å². The molecule has 20 heavy (non-hydrogen) atoms. The topological polar surface area (TPSA) is 9.23 Å². The van der Waals surface area contributed by atoms with Crippen LogP contribution in [0.2, 0.25) is 0 Å². The van der Waals surface area contributed by atoms with E-state index in [2.05, 4.69) is 56.7 Å². The molecule has 4 aliphatic carbocycles. The van der Waals surface area contributed by atoms with E-state index in [1.807, 2.05) is 7.11 Å². The third-order valence-electron chi connectivity index (χ3n) is 5.72. The van der Waals surface area contributed by atoms with Crippen molar-refractivity contribution in [2.75, 3.05) is 7.11 Å². The van der Waals surface area contributed by atoms with Gasteiger partial charge in [0.1, 0.15) is 5.75 Å². The molecule has 4 bridgehead atoms. The molecule has 4 saturated carbocycles. The molecule has 4 fully saturated rings. The Labute approximate surface area is 143 Å². The molecule has 4 aliphatic rings. The number of hydrogen-bond acceptors (Lipinski definition) is 1. The molecule has 1 aromatic rings. The SMILES string of the molecule is COc1ccc(Br)cc1C12CC3CC(CC(I)(C3)C1)C2. The van der Waals surface area contributed by atoms with Crippen LogP contribution in [-0.2, 0) is 5.41 Å². The van der Waals surface area contributed by atoms with Gasteiger partial charge in [-0.25, -0.2) is 0 Å². The minimum absolute atomic E-state index is 0.375. The summed E-state index contributed by atoms with van der Waals surface area (Å²) in [6.45, 7) is 0. The van der Waals surface area contributed by atoms with Gasteiger partial charge in [0.25, 0.3) is 0 Å². The Bertz CT molecular complexity index is 542. The maximum absolute atomic E-state index is 5.70. The first-order chi connectivity index (χ1) is 9.52. The minimum atomic E-state index is 0.375. The van der Waals surface area contributed by atoms with Crippen molar-refractivity contribution < 1.29 is 4.74 Å². The Kier molecular flexibility index (Phi) is 3.20. The van der Waals surface area contributed by atoms with Gasteiger partial charge in [-0.3, -0.25) is 0 Å². The van der Waals surface area contributed by atoms with Crippen LogP contribution in [0, 0.1) is 11.8 Å². The van der Waals surface area contributed by atoms with Crippen LogP contribution in [-0.4, -0.2) is 10.5 Å². The quantitative estimate of drug-likeness (QED) is 0.431. The summed E-state index contributed by atoms with van der Waals surface area (Å²) in [4.78, 5) is 0. The maximum atomic E-state index is 5.70. The largest absolute Gasteiger partial charge is 0.496 e. The van der Waals surface area contributed by atoms with E-state index in [-0.39, 0.29) is 0 Å². The summed E-state index contributed by atoms with van der Waals surface area (Å²) in [5.41, 5.74) is 1.84. The Morgan fingerprint density at radius 2 is 1.90 bits per heavy atom. The lowest BCUT2D eigenvalue weighted by Crippen LogP contribution is -2.54. The Morgan fingerprint density at radius 3 is 2.50 bits per heavy atom. The highest BCUT2D eigenvalue weighted by Crippen LogP contribution is 2.66. The summed E-state index contributed by atoms with van der Waals surface area (Å²) in [5.74, 6) is 2.98. The van der Waals surface area contributed by atoms with E-state index in [0.29, 0.717) is 8.84 Å². The zero-order chi connectivity index (χ0) is 14.0. The summed E-state index contributed by atoms with van der Waals surface area (Å²) in [6.07, 6.45) is 8.47. The average molecular weight is 447 g/mol. The van der Waals surface area contributed by atoms with Crippen LogP contribution in [0.4, 0.5) is 0 Å². The third kappa shape index (κ3) is 2.06. The van der Waals surface area contributed by atoms with Gasteiger partial charge in [0, 0.05) is 18.9 Å². The Hall–Kier alpha value is 0.230. The van der Waals surface area contributed by atoms with E-state index in [1.165, 1.54) is 48.6 Å². The monoisotopic (exact) mass is 446 g/mol. The second-order valence-electron chi connectivity index (χ2n) is 7.24. The normalized spacial score (nSPS) is 42.0. The highest BCUT2D eigenvalue weighted by atomic mass is 127. The van der Waals surface area contributed by atoms with Crippen LogP contribution >= 0.6 is 38.5 Å². The van der Waals surface area contributed by atoms with Crippen molar-refractivity contribution in [1.82, 2.24) is 0 Å². The van der Waals surface area contributed by atoms with Crippen molar-refractivity contribution in [2.24, 2.45) is 11.8 Å². The fraction of sp³-hybridized carbons (Fsp3) is 0.647. The number of hydrogen-bond donors (Lipinski definition) is 0. The predicted molar refractivity (Wildman–Crippen MR) is 93.8 cm³/mol. The molecule has 0 saturated heterocycles. The fourth-order valence-electron chi connectivity index (χ4n) is 5.56. The molecule has 1 nitrogen and oxygen atoms in total. The lowest BCUT2D eigenvalue weighted by molar-refractivity contribution is 0.0177. The zero-order valence-corrected chi connectivity index (χ0v) is 15.5. The van der Waals surface area contributed by atoms with Crippen LogP contribution in [0.1, 0.15) is 44.1 Å². The van der Waals surface area contributed by atoms with Crippen molar-refractivity contribution in [3.8, 4) is 5.75 Å². The van der Waals surface area contributed by atoms with Gasteiger partial charge in [-0.2, -0.15) is 0 Å². The van der Waals surface area contributed by atoms with Gasteiger partial charge in [0.2, 0.25) is 0 Å². The van der Waals surface area contributed by atoms with E-state index in [1.54, 1.807) is 0 Å². The number of alkyl halides is 1. The standard InChI is InChI=1S/C17H20BrIO/c1-20-15-3-2-13(18)5-14(15)16-6-11-4-12(7-16)9-17(19,8-11)10-16/h2-3,5,11-12H,4,6-10H2,1H3. The lowest BCUT2D eigenvalue weighted by Gasteiger charge is -2.60. The second kappa shape index (κ2) is 4.61. The Balaban J connectivity index is 1.83. The number of rotatable bonds is 2. The molecule has 2 unspecified atom stereocenters. The van der Waals surface area contributed by atoms with E-state index in [9.17, 15) is 0 Å². The first-order valence-corrected chi connectivity index (χ1v) is 9.42. The van der Waals surface area contributed by atoms with Crippen molar-refractivity contribution >= 4 is 38.5 Å².